The number of halogens is 2. The number of hydrogen-bond donors (Lipinski definition) is 1. The molecule has 36 heavy (non-hydrogen) atoms. The van der Waals surface area contributed by atoms with Gasteiger partial charge in [0, 0.05) is 16.9 Å². The lowest BCUT2D eigenvalue weighted by Crippen LogP contribution is -2.14. The van der Waals surface area contributed by atoms with E-state index in [1.54, 1.807) is 25.3 Å². The Morgan fingerprint density at radius 3 is 2.28 bits per heavy atom. The molecule has 3 aromatic carbocycles. The Morgan fingerprint density at radius 1 is 0.972 bits per heavy atom. The minimum absolute atomic E-state index is 0.0465. The standard InChI is InChI=1S/C27H26Cl2N4O2S/c1-27(2,3)18-7-5-17(6-8-18)25-31-32-26(33(25)20-10-12-21(35-4)13-11-20)36-16-24(34)30-19-9-14-22(28)23(29)15-19/h5-15H,16H2,1-4H3,(H,30,34). The monoisotopic (exact) mass is 540 g/mol. The summed E-state index contributed by atoms with van der Waals surface area (Å²) in [6, 6.07) is 20.9. The molecule has 0 radical (unpaired) electrons. The minimum atomic E-state index is -0.196. The van der Waals surface area contributed by atoms with Crippen molar-refractivity contribution in [3.63, 3.8) is 0 Å². The van der Waals surface area contributed by atoms with Gasteiger partial charge < -0.3 is 10.1 Å². The molecule has 0 unspecified atom stereocenters. The highest BCUT2D eigenvalue weighted by Gasteiger charge is 2.19. The summed E-state index contributed by atoms with van der Waals surface area (Å²) in [6.07, 6.45) is 0. The van der Waals surface area contributed by atoms with Crippen molar-refractivity contribution in [2.24, 2.45) is 0 Å². The lowest BCUT2D eigenvalue weighted by atomic mass is 9.87. The first-order valence-corrected chi connectivity index (χ1v) is 13.0. The van der Waals surface area contributed by atoms with Crippen LogP contribution in [0, 0.1) is 0 Å². The second kappa shape index (κ2) is 10.9. The summed E-state index contributed by atoms with van der Waals surface area (Å²) in [5.74, 6) is 1.38. The van der Waals surface area contributed by atoms with Crippen molar-refractivity contribution in [1.29, 1.82) is 0 Å². The largest absolute Gasteiger partial charge is 0.497 e. The fourth-order valence-electron chi connectivity index (χ4n) is 3.53. The molecule has 9 heteroatoms. The quantitative estimate of drug-likeness (QED) is 0.249. The molecule has 0 aliphatic heterocycles. The van der Waals surface area contributed by atoms with E-state index in [9.17, 15) is 4.79 Å². The van der Waals surface area contributed by atoms with E-state index in [-0.39, 0.29) is 17.1 Å². The smallest absolute Gasteiger partial charge is 0.234 e. The average Bonchev–Trinajstić information content (AvgIpc) is 3.28. The number of amides is 1. The van der Waals surface area contributed by atoms with E-state index in [0.717, 1.165) is 17.0 Å². The highest BCUT2D eigenvalue weighted by atomic mass is 35.5. The van der Waals surface area contributed by atoms with Gasteiger partial charge in [-0.2, -0.15) is 0 Å². The van der Waals surface area contributed by atoms with Crippen LogP contribution in [-0.2, 0) is 10.2 Å². The number of hydrogen-bond acceptors (Lipinski definition) is 5. The number of methoxy groups -OCH3 is 1. The van der Waals surface area contributed by atoms with Gasteiger partial charge in [0.15, 0.2) is 11.0 Å². The Bertz CT molecular complexity index is 1360. The highest BCUT2D eigenvalue weighted by molar-refractivity contribution is 7.99. The van der Waals surface area contributed by atoms with Crippen molar-refractivity contribution in [2.45, 2.75) is 31.3 Å². The van der Waals surface area contributed by atoms with Gasteiger partial charge >= 0.3 is 0 Å². The molecule has 0 bridgehead atoms. The van der Waals surface area contributed by atoms with Gasteiger partial charge in [-0.1, -0.05) is 80.0 Å². The SMILES string of the molecule is COc1ccc(-n2c(SCC(=O)Nc3ccc(Cl)c(Cl)c3)nnc2-c2ccc(C(C)(C)C)cc2)cc1. The molecule has 0 aliphatic rings. The van der Waals surface area contributed by atoms with Crippen molar-refractivity contribution in [1.82, 2.24) is 14.8 Å². The summed E-state index contributed by atoms with van der Waals surface area (Å²) in [5.41, 5.74) is 3.65. The topological polar surface area (TPSA) is 69.0 Å². The number of thioether (sulfide) groups is 1. The number of nitrogens with one attached hydrogen (secondary N) is 1. The minimum Gasteiger partial charge on any atom is -0.497 e. The van der Waals surface area contributed by atoms with Gasteiger partial charge in [0.2, 0.25) is 5.91 Å². The third kappa shape index (κ3) is 6.03. The summed E-state index contributed by atoms with van der Waals surface area (Å²) < 4.78 is 7.26. The molecule has 1 amide bonds. The Kier molecular flexibility index (Phi) is 7.93. The van der Waals surface area contributed by atoms with Gasteiger partial charge in [-0.05, 0) is 53.4 Å². The number of rotatable bonds is 7. The molecule has 6 nitrogen and oxygen atoms in total. The van der Waals surface area contributed by atoms with Gasteiger partial charge in [0.25, 0.3) is 0 Å². The van der Waals surface area contributed by atoms with Crippen LogP contribution in [0.5, 0.6) is 5.75 Å². The predicted octanol–water partition coefficient (Wildman–Crippen LogP) is 7.28. The normalized spacial score (nSPS) is 11.4. The van der Waals surface area contributed by atoms with Crippen LogP contribution < -0.4 is 10.1 Å². The number of carbonyl (C=O) groups excluding carboxylic acids is 1. The number of carbonyl (C=O) groups is 1. The average molecular weight is 542 g/mol. The molecule has 1 N–H and O–H groups in total. The zero-order chi connectivity index (χ0) is 25.9. The molecule has 1 heterocycles. The molecule has 1 aromatic heterocycles. The summed E-state index contributed by atoms with van der Waals surface area (Å²) in [5, 5.41) is 13.1. The van der Waals surface area contributed by atoms with Crippen molar-refractivity contribution in [3.05, 3.63) is 82.3 Å². The second-order valence-electron chi connectivity index (χ2n) is 9.13. The summed E-state index contributed by atoms with van der Waals surface area (Å²) in [6.45, 7) is 6.54. The van der Waals surface area contributed by atoms with E-state index in [1.807, 2.05) is 28.8 Å². The molecule has 0 aliphatic carbocycles. The predicted molar refractivity (Wildman–Crippen MR) is 148 cm³/mol. The zero-order valence-corrected chi connectivity index (χ0v) is 22.7. The fourth-order valence-corrected chi connectivity index (χ4v) is 4.58. The molecule has 186 valence electrons. The summed E-state index contributed by atoms with van der Waals surface area (Å²) in [4.78, 5) is 12.6. The summed E-state index contributed by atoms with van der Waals surface area (Å²) >= 11 is 13.3. The van der Waals surface area contributed by atoms with E-state index in [0.29, 0.717) is 26.7 Å². The van der Waals surface area contributed by atoms with Crippen LogP contribution in [0.3, 0.4) is 0 Å². The lowest BCUT2D eigenvalue weighted by molar-refractivity contribution is -0.113. The highest BCUT2D eigenvalue weighted by Crippen LogP contribution is 2.31. The van der Waals surface area contributed by atoms with Crippen LogP contribution in [0.15, 0.2) is 71.9 Å². The Morgan fingerprint density at radius 2 is 1.67 bits per heavy atom. The third-order valence-corrected chi connectivity index (χ3v) is 7.18. The van der Waals surface area contributed by atoms with Crippen LogP contribution in [0.25, 0.3) is 17.1 Å². The van der Waals surface area contributed by atoms with Gasteiger partial charge in [0.05, 0.1) is 22.9 Å². The van der Waals surface area contributed by atoms with Crippen molar-refractivity contribution < 1.29 is 9.53 Å². The van der Waals surface area contributed by atoms with Gasteiger partial charge in [-0.15, -0.1) is 10.2 Å². The van der Waals surface area contributed by atoms with Crippen LogP contribution >= 0.6 is 35.0 Å². The van der Waals surface area contributed by atoms with E-state index in [2.05, 4.69) is 60.6 Å². The van der Waals surface area contributed by atoms with Crippen LogP contribution in [0.4, 0.5) is 5.69 Å². The molecule has 4 aromatic rings. The molecule has 0 saturated carbocycles. The fraction of sp³-hybridized carbons (Fsp3) is 0.222. The Hall–Kier alpha value is -3.00. The number of anilines is 1. The van der Waals surface area contributed by atoms with Gasteiger partial charge in [-0.3, -0.25) is 9.36 Å². The Balaban J connectivity index is 1.61. The molecule has 0 spiro atoms. The molecule has 0 fully saturated rings. The lowest BCUT2D eigenvalue weighted by Gasteiger charge is -2.19. The first-order valence-electron chi connectivity index (χ1n) is 11.2. The van der Waals surface area contributed by atoms with E-state index in [1.165, 1.54) is 17.3 Å². The zero-order valence-electron chi connectivity index (χ0n) is 20.4. The second-order valence-corrected chi connectivity index (χ2v) is 10.9. The number of nitrogens with zero attached hydrogens (tertiary/aromatic N) is 3. The third-order valence-electron chi connectivity index (χ3n) is 5.51. The van der Waals surface area contributed by atoms with Crippen molar-refractivity contribution in [2.75, 3.05) is 18.2 Å². The van der Waals surface area contributed by atoms with Crippen LogP contribution in [-0.4, -0.2) is 33.5 Å². The molecule has 0 saturated heterocycles. The molecular formula is C27H26Cl2N4O2S. The molecular weight excluding hydrogens is 515 g/mol. The maximum Gasteiger partial charge on any atom is 0.234 e. The molecule has 0 atom stereocenters. The van der Waals surface area contributed by atoms with Crippen LogP contribution in [0.2, 0.25) is 10.0 Å². The Labute approximate surface area is 225 Å². The van der Waals surface area contributed by atoms with Gasteiger partial charge in [-0.25, -0.2) is 0 Å². The van der Waals surface area contributed by atoms with E-state index >= 15 is 0 Å². The van der Waals surface area contributed by atoms with Crippen LogP contribution in [0.1, 0.15) is 26.3 Å². The number of aromatic nitrogens is 3. The number of ether oxygens (including phenoxy) is 1. The van der Waals surface area contributed by atoms with Crippen molar-refractivity contribution in [3.8, 4) is 22.8 Å². The first-order chi connectivity index (χ1) is 17.2. The van der Waals surface area contributed by atoms with Gasteiger partial charge in [0.1, 0.15) is 5.75 Å². The summed E-state index contributed by atoms with van der Waals surface area (Å²) in [7, 11) is 1.63. The maximum atomic E-state index is 12.6. The van der Waals surface area contributed by atoms with E-state index < -0.39 is 0 Å². The van der Waals surface area contributed by atoms with Crippen molar-refractivity contribution >= 4 is 46.6 Å². The van der Waals surface area contributed by atoms with E-state index in [4.69, 9.17) is 27.9 Å². The first kappa shape index (κ1) is 26.1. The number of benzene rings is 3. The maximum absolute atomic E-state index is 12.6. The molecule has 4 rings (SSSR count).